The maximum absolute atomic E-state index is 5.66. The van der Waals surface area contributed by atoms with E-state index in [9.17, 15) is 0 Å². The molecule has 0 spiro atoms. The molecular formula is C20H25O2P. The van der Waals surface area contributed by atoms with Gasteiger partial charge in [-0.2, -0.15) is 0 Å². The maximum Gasteiger partial charge on any atom is 0.175 e. The second-order valence-electron chi connectivity index (χ2n) is 5.31. The van der Waals surface area contributed by atoms with Gasteiger partial charge in [0.2, 0.25) is 0 Å². The van der Waals surface area contributed by atoms with Gasteiger partial charge in [-0.3, -0.25) is 0 Å². The normalized spacial score (nSPS) is 11.5. The third kappa shape index (κ3) is 6.27. The van der Waals surface area contributed by atoms with Crippen LogP contribution in [0.15, 0.2) is 48.5 Å². The third-order valence-corrected chi connectivity index (χ3v) is 5.10. The maximum atomic E-state index is 5.66. The van der Waals surface area contributed by atoms with Crippen LogP contribution < -0.4 is 0 Å². The monoisotopic (exact) mass is 328 g/mol. The Morgan fingerprint density at radius 3 is 1.74 bits per heavy atom. The SMILES string of the molecule is CCOP(Cc1ccc(/C=C/c2ccc(C)cc2)cc1)OCC. The summed E-state index contributed by atoms with van der Waals surface area (Å²) in [7, 11) is -0.812. The van der Waals surface area contributed by atoms with Crippen molar-refractivity contribution in [1.82, 2.24) is 0 Å². The van der Waals surface area contributed by atoms with E-state index in [4.69, 9.17) is 9.05 Å². The fraction of sp³-hybridized carbons (Fsp3) is 0.300. The summed E-state index contributed by atoms with van der Waals surface area (Å²) >= 11 is 0. The van der Waals surface area contributed by atoms with Crippen molar-refractivity contribution >= 4 is 20.5 Å². The molecule has 23 heavy (non-hydrogen) atoms. The Morgan fingerprint density at radius 1 is 0.783 bits per heavy atom. The van der Waals surface area contributed by atoms with Crippen LogP contribution in [0.5, 0.6) is 0 Å². The Labute approximate surface area is 141 Å². The fourth-order valence-electron chi connectivity index (χ4n) is 2.17. The number of hydrogen-bond donors (Lipinski definition) is 0. The predicted molar refractivity (Wildman–Crippen MR) is 100 cm³/mol. The predicted octanol–water partition coefficient (Wildman–Crippen LogP) is 6.05. The minimum atomic E-state index is -0.812. The highest BCUT2D eigenvalue weighted by atomic mass is 31.2. The largest absolute Gasteiger partial charge is 0.334 e. The van der Waals surface area contributed by atoms with Gasteiger partial charge in [0.25, 0.3) is 0 Å². The topological polar surface area (TPSA) is 18.5 Å². The summed E-state index contributed by atoms with van der Waals surface area (Å²) in [5.74, 6) is 0. The molecule has 0 aliphatic carbocycles. The van der Waals surface area contributed by atoms with Crippen LogP contribution in [0, 0.1) is 6.92 Å². The third-order valence-electron chi connectivity index (χ3n) is 3.38. The van der Waals surface area contributed by atoms with Gasteiger partial charge in [0.15, 0.2) is 8.38 Å². The first-order valence-corrected chi connectivity index (χ1v) is 9.44. The zero-order chi connectivity index (χ0) is 16.5. The highest BCUT2D eigenvalue weighted by molar-refractivity contribution is 7.46. The molecule has 0 heterocycles. The Hall–Kier alpha value is -1.47. The molecule has 3 heteroatoms. The lowest BCUT2D eigenvalue weighted by Crippen LogP contribution is -1.94. The van der Waals surface area contributed by atoms with Crippen molar-refractivity contribution in [3.63, 3.8) is 0 Å². The van der Waals surface area contributed by atoms with Gasteiger partial charge in [0, 0.05) is 6.16 Å². The average molecular weight is 328 g/mol. The number of rotatable bonds is 8. The van der Waals surface area contributed by atoms with Crippen LogP contribution in [-0.4, -0.2) is 13.2 Å². The quantitative estimate of drug-likeness (QED) is 0.434. The molecule has 2 aromatic rings. The fourth-order valence-corrected chi connectivity index (χ4v) is 3.51. The van der Waals surface area contributed by atoms with Crippen molar-refractivity contribution in [2.24, 2.45) is 0 Å². The highest BCUT2D eigenvalue weighted by Gasteiger charge is 2.09. The van der Waals surface area contributed by atoms with Crippen molar-refractivity contribution < 1.29 is 9.05 Å². The molecule has 0 saturated heterocycles. The van der Waals surface area contributed by atoms with Crippen LogP contribution in [0.25, 0.3) is 12.2 Å². The second kappa shape index (κ2) is 9.62. The summed E-state index contributed by atoms with van der Waals surface area (Å²) in [4.78, 5) is 0. The van der Waals surface area contributed by atoms with E-state index < -0.39 is 8.38 Å². The van der Waals surface area contributed by atoms with E-state index in [1.165, 1.54) is 22.3 Å². The Balaban J connectivity index is 1.97. The highest BCUT2D eigenvalue weighted by Crippen LogP contribution is 2.41. The van der Waals surface area contributed by atoms with E-state index in [2.05, 4.69) is 67.6 Å². The molecule has 122 valence electrons. The minimum absolute atomic E-state index is 0.697. The number of hydrogen-bond acceptors (Lipinski definition) is 2. The van der Waals surface area contributed by atoms with Gasteiger partial charge >= 0.3 is 0 Å². The number of aryl methyl sites for hydroxylation is 1. The summed E-state index contributed by atoms with van der Waals surface area (Å²) in [6.45, 7) is 7.51. The standard InChI is InChI=1S/C20H25O2P/c1-4-21-23(22-5-2)16-20-14-12-19(13-15-20)11-10-18-8-6-17(3)7-9-18/h6-15H,4-5,16H2,1-3H3/b11-10+. The molecule has 0 unspecified atom stereocenters. The summed E-state index contributed by atoms with van der Waals surface area (Å²) in [5, 5.41) is 0. The first-order valence-electron chi connectivity index (χ1n) is 8.08. The average Bonchev–Trinajstić information content (AvgIpc) is 2.56. The molecule has 2 nitrogen and oxygen atoms in total. The zero-order valence-corrected chi connectivity index (χ0v) is 15.1. The first kappa shape index (κ1) is 17.9. The van der Waals surface area contributed by atoms with Crippen LogP contribution in [0.1, 0.15) is 36.1 Å². The Bertz CT molecular complexity index is 597. The first-order chi connectivity index (χ1) is 11.2. The molecule has 0 saturated carbocycles. The van der Waals surface area contributed by atoms with Crippen LogP contribution in [0.3, 0.4) is 0 Å². The van der Waals surface area contributed by atoms with E-state index in [1.807, 2.05) is 13.8 Å². The lowest BCUT2D eigenvalue weighted by molar-refractivity contribution is 0.268. The summed E-state index contributed by atoms with van der Waals surface area (Å²) in [6.07, 6.45) is 5.13. The molecule has 0 amide bonds. The molecule has 0 radical (unpaired) electrons. The molecule has 0 aliphatic heterocycles. The second-order valence-corrected chi connectivity index (χ2v) is 6.81. The summed E-state index contributed by atoms with van der Waals surface area (Å²) in [5.41, 5.74) is 4.96. The molecule has 0 fully saturated rings. The van der Waals surface area contributed by atoms with Crippen molar-refractivity contribution in [3.8, 4) is 0 Å². The van der Waals surface area contributed by atoms with Crippen molar-refractivity contribution in [1.29, 1.82) is 0 Å². The zero-order valence-electron chi connectivity index (χ0n) is 14.2. The van der Waals surface area contributed by atoms with Crippen LogP contribution >= 0.6 is 8.38 Å². The molecule has 2 aromatic carbocycles. The van der Waals surface area contributed by atoms with Gasteiger partial charge in [-0.05, 0) is 37.5 Å². The Morgan fingerprint density at radius 2 is 1.26 bits per heavy atom. The van der Waals surface area contributed by atoms with Gasteiger partial charge in [0.05, 0.1) is 13.2 Å². The van der Waals surface area contributed by atoms with E-state index >= 15 is 0 Å². The molecular weight excluding hydrogens is 303 g/mol. The number of benzene rings is 2. The van der Waals surface area contributed by atoms with Crippen molar-refractivity contribution in [3.05, 3.63) is 70.8 Å². The summed E-state index contributed by atoms with van der Waals surface area (Å²) < 4.78 is 11.3. The van der Waals surface area contributed by atoms with E-state index in [0.717, 1.165) is 6.16 Å². The van der Waals surface area contributed by atoms with Crippen LogP contribution in [-0.2, 0) is 15.2 Å². The van der Waals surface area contributed by atoms with E-state index in [-0.39, 0.29) is 0 Å². The molecule has 0 atom stereocenters. The van der Waals surface area contributed by atoms with Crippen LogP contribution in [0.4, 0.5) is 0 Å². The van der Waals surface area contributed by atoms with E-state index in [0.29, 0.717) is 13.2 Å². The van der Waals surface area contributed by atoms with Crippen molar-refractivity contribution in [2.45, 2.75) is 26.9 Å². The molecule has 0 aliphatic rings. The Kier molecular flexibility index (Phi) is 7.48. The summed E-state index contributed by atoms with van der Waals surface area (Å²) in [6, 6.07) is 17.1. The van der Waals surface area contributed by atoms with Crippen molar-refractivity contribution in [2.75, 3.05) is 13.2 Å². The van der Waals surface area contributed by atoms with Gasteiger partial charge in [-0.15, -0.1) is 0 Å². The smallest absolute Gasteiger partial charge is 0.175 e. The molecule has 0 bridgehead atoms. The van der Waals surface area contributed by atoms with Gasteiger partial charge in [-0.1, -0.05) is 66.2 Å². The molecule has 0 aromatic heterocycles. The minimum Gasteiger partial charge on any atom is -0.334 e. The lowest BCUT2D eigenvalue weighted by atomic mass is 10.1. The van der Waals surface area contributed by atoms with Gasteiger partial charge in [0.1, 0.15) is 0 Å². The van der Waals surface area contributed by atoms with Gasteiger partial charge in [-0.25, -0.2) is 0 Å². The van der Waals surface area contributed by atoms with Crippen LogP contribution in [0.2, 0.25) is 0 Å². The molecule has 2 rings (SSSR count). The molecule has 0 N–H and O–H groups in total. The van der Waals surface area contributed by atoms with E-state index in [1.54, 1.807) is 0 Å². The lowest BCUT2D eigenvalue weighted by Gasteiger charge is -2.15. The van der Waals surface area contributed by atoms with Gasteiger partial charge < -0.3 is 9.05 Å².